The third kappa shape index (κ3) is 2.97. The molecule has 2 amide bonds. The van der Waals surface area contributed by atoms with Gasteiger partial charge in [0, 0.05) is 31.2 Å². The van der Waals surface area contributed by atoms with Gasteiger partial charge in [0.15, 0.2) is 11.6 Å². The van der Waals surface area contributed by atoms with Crippen LogP contribution < -0.4 is 4.74 Å². The molecule has 1 aliphatic rings. The second kappa shape index (κ2) is 5.47. The van der Waals surface area contributed by atoms with Gasteiger partial charge >= 0.3 is 5.97 Å². The number of rotatable bonds is 5. The van der Waals surface area contributed by atoms with Crippen molar-refractivity contribution in [2.75, 3.05) is 6.54 Å². The molecule has 0 unspecified atom stereocenters. The van der Waals surface area contributed by atoms with Gasteiger partial charge in [0.1, 0.15) is 0 Å². The van der Waals surface area contributed by atoms with E-state index in [1.54, 1.807) is 0 Å². The van der Waals surface area contributed by atoms with E-state index in [9.17, 15) is 19.5 Å². The number of ether oxygens (including phenoxy) is 1. The van der Waals surface area contributed by atoms with Gasteiger partial charge in [-0.15, -0.1) is 0 Å². The SMILES string of the molecule is O=C(CCCN1C(=O)C=CC1=O)Oc1cc(O)[nH]c1O. The summed E-state index contributed by atoms with van der Waals surface area (Å²) >= 11 is 0. The number of hydrogen-bond donors (Lipinski definition) is 3. The van der Waals surface area contributed by atoms with Crippen LogP contribution in [-0.4, -0.2) is 44.4 Å². The van der Waals surface area contributed by atoms with E-state index in [4.69, 9.17) is 9.84 Å². The molecule has 0 bridgehead atoms. The zero-order chi connectivity index (χ0) is 14.7. The molecule has 0 spiro atoms. The average Bonchev–Trinajstić information content (AvgIpc) is 2.85. The second-order valence-corrected chi connectivity index (χ2v) is 4.11. The Morgan fingerprint density at radius 2 is 1.90 bits per heavy atom. The number of nitrogens with zero attached hydrogens (tertiary/aromatic N) is 1. The normalized spacial score (nSPS) is 14.1. The van der Waals surface area contributed by atoms with Gasteiger partial charge in [-0.1, -0.05) is 0 Å². The molecule has 2 heterocycles. The maximum Gasteiger partial charge on any atom is 0.311 e. The van der Waals surface area contributed by atoms with Crippen molar-refractivity contribution in [2.24, 2.45) is 0 Å². The topological polar surface area (TPSA) is 120 Å². The van der Waals surface area contributed by atoms with Crippen molar-refractivity contribution in [3.05, 3.63) is 18.2 Å². The maximum atomic E-state index is 11.5. The lowest BCUT2D eigenvalue weighted by atomic mass is 10.3. The van der Waals surface area contributed by atoms with Crippen LogP contribution in [-0.2, 0) is 14.4 Å². The number of carbonyl (C=O) groups is 3. The quantitative estimate of drug-likeness (QED) is 0.517. The molecule has 0 saturated carbocycles. The van der Waals surface area contributed by atoms with E-state index in [0.717, 1.165) is 11.0 Å². The van der Waals surface area contributed by atoms with E-state index < -0.39 is 23.7 Å². The van der Waals surface area contributed by atoms with Crippen molar-refractivity contribution in [3.63, 3.8) is 0 Å². The summed E-state index contributed by atoms with van der Waals surface area (Å²) in [4.78, 5) is 37.1. The van der Waals surface area contributed by atoms with Gasteiger partial charge in [0.25, 0.3) is 11.8 Å². The summed E-state index contributed by atoms with van der Waals surface area (Å²) in [5, 5.41) is 18.3. The number of esters is 1. The van der Waals surface area contributed by atoms with Crippen molar-refractivity contribution < 1.29 is 29.3 Å². The van der Waals surface area contributed by atoms with Crippen molar-refractivity contribution >= 4 is 17.8 Å². The first-order chi connectivity index (χ1) is 9.47. The molecule has 0 radical (unpaired) electrons. The summed E-state index contributed by atoms with van der Waals surface area (Å²) in [7, 11) is 0. The summed E-state index contributed by atoms with van der Waals surface area (Å²) in [6.45, 7) is 0.115. The molecule has 3 N–H and O–H groups in total. The molecule has 106 valence electrons. The minimum atomic E-state index is -0.647. The zero-order valence-corrected chi connectivity index (χ0v) is 10.3. The van der Waals surface area contributed by atoms with Gasteiger partial charge in [0.05, 0.1) is 0 Å². The van der Waals surface area contributed by atoms with Crippen LogP contribution >= 0.6 is 0 Å². The number of amides is 2. The van der Waals surface area contributed by atoms with Crippen molar-refractivity contribution in [1.29, 1.82) is 0 Å². The van der Waals surface area contributed by atoms with Gasteiger partial charge in [-0.25, -0.2) is 0 Å². The van der Waals surface area contributed by atoms with Crippen LogP contribution in [0.25, 0.3) is 0 Å². The standard InChI is InChI=1S/C12H12N2O6/c15-8-6-7(12(19)13-8)20-11(18)2-1-5-14-9(16)3-4-10(14)17/h3-4,6,13,15,19H,1-2,5H2. The Bertz CT molecular complexity index is 571. The fraction of sp³-hybridized carbons (Fsp3) is 0.250. The van der Waals surface area contributed by atoms with E-state index in [1.807, 2.05) is 0 Å². The molecule has 0 fully saturated rings. The Balaban J connectivity index is 1.77. The highest BCUT2D eigenvalue weighted by Crippen LogP contribution is 2.29. The van der Waals surface area contributed by atoms with Crippen LogP contribution in [0, 0.1) is 0 Å². The number of carbonyl (C=O) groups excluding carboxylic acids is 3. The van der Waals surface area contributed by atoms with Crippen LogP contribution in [0.3, 0.4) is 0 Å². The van der Waals surface area contributed by atoms with Crippen molar-refractivity contribution in [1.82, 2.24) is 9.88 Å². The number of hydrogen-bond acceptors (Lipinski definition) is 6. The fourth-order valence-electron chi connectivity index (χ4n) is 1.70. The fourth-order valence-corrected chi connectivity index (χ4v) is 1.70. The van der Waals surface area contributed by atoms with E-state index in [-0.39, 0.29) is 31.0 Å². The number of aromatic nitrogens is 1. The third-order valence-corrected chi connectivity index (χ3v) is 2.63. The highest BCUT2D eigenvalue weighted by atomic mass is 16.5. The third-order valence-electron chi connectivity index (χ3n) is 2.63. The van der Waals surface area contributed by atoms with Gasteiger partial charge in [0.2, 0.25) is 5.88 Å². The predicted octanol–water partition coefficient (Wildman–Crippen LogP) is 0.0365. The Morgan fingerprint density at radius 1 is 1.25 bits per heavy atom. The summed E-state index contributed by atoms with van der Waals surface area (Å²) in [5.41, 5.74) is 0. The number of nitrogens with one attached hydrogen (secondary N) is 1. The minimum absolute atomic E-state index is 0.0392. The van der Waals surface area contributed by atoms with Gasteiger partial charge < -0.3 is 14.9 Å². The number of aromatic hydroxyl groups is 2. The van der Waals surface area contributed by atoms with E-state index in [0.29, 0.717) is 0 Å². The number of imide groups is 1. The lowest BCUT2D eigenvalue weighted by Gasteiger charge is -2.12. The first kappa shape index (κ1) is 13.7. The lowest BCUT2D eigenvalue weighted by Crippen LogP contribution is -2.31. The lowest BCUT2D eigenvalue weighted by molar-refractivity contribution is -0.139. The largest absolute Gasteiger partial charge is 0.494 e. The molecule has 1 aromatic rings. The Morgan fingerprint density at radius 3 is 2.45 bits per heavy atom. The molecule has 0 aliphatic carbocycles. The van der Waals surface area contributed by atoms with Crippen LogP contribution in [0.15, 0.2) is 18.2 Å². The Hall–Kier alpha value is -2.77. The monoisotopic (exact) mass is 280 g/mol. The first-order valence-corrected chi connectivity index (χ1v) is 5.82. The maximum absolute atomic E-state index is 11.5. The molecule has 2 rings (SSSR count). The zero-order valence-electron chi connectivity index (χ0n) is 10.3. The average molecular weight is 280 g/mol. The Labute approximate surface area is 113 Å². The molecule has 1 aliphatic heterocycles. The molecular formula is C12H12N2O6. The highest BCUT2D eigenvalue weighted by molar-refractivity contribution is 6.12. The van der Waals surface area contributed by atoms with Crippen LogP contribution in [0.2, 0.25) is 0 Å². The molecule has 8 nitrogen and oxygen atoms in total. The van der Waals surface area contributed by atoms with Gasteiger partial charge in [-0.3, -0.25) is 24.3 Å². The van der Waals surface area contributed by atoms with Crippen molar-refractivity contribution in [3.8, 4) is 17.5 Å². The van der Waals surface area contributed by atoms with E-state index in [1.165, 1.54) is 12.2 Å². The van der Waals surface area contributed by atoms with E-state index in [2.05, 4.69) is 4.98 Å². The van der Waals surface area contributed by atoms with Gasteiger partial charge in [-0.05, 0) is 6.42 Å². The molecule has 1 aromatic heterocycles. The van der Waals surface area contributed by atoms with Crippen LogP contribution in [0.1, 0.15) is 12.8 Å². The van der Waals surface area contributed by atoms with E-state index >= 15 is 0 Å². The van der Waals surface area contributed by atoms with Crippen LogP contribution in [0.5, 0.6) is 17.5 Å². The minimum Gasteiger partial charge on any atom is -0.494 e. The summed E-state index contributed by atoms with van der Waals surface area (Å²) in [6, 6.07) is 1.06. The molecule has 0 saturated heterocycles. The summed E-state index contributed by atoms with van der Waals surface area (Å²) < 4.78 is 4.80. The summed E-state index contributed by atoms with van der Waals surface area (Å²) in [5.74, 6) is -2.42. The predicted molar refractivity (Wildman–Crippen MR) is 64.9 cm³/mol. The van der Waals surface area contributed by atoms with Crippen molar-refractivity contribution in [2.45, 2.75) is 12.8 Å². The van der Waals surface area contributed by atoms with Crippen LogP contribution in [0.4, 0.5) is 0 Å². The molecule has 0 atom stereocenters. The molecule has 20 heavy (non-hydrogen) atoms. The second-order valence-electron chi connectivity index (χ2n) is 4.11. The summed E-state index contributed by atoms with van der Waals surface area (Å²) in [6.07, 6.45) is 2.54. The molecular weight excluding hydrogens is 268 g/mol. The highest BCUT2D eigenvalue weighted by Gasteiger charge is 2.23. The molecule has 8 heteroatoms. The van der Waals surface area contributed by atoms with Gasteiger partial charge in [-0.2, -0.15) is 0 Å². The number of aromatic amines is 1. The Kier molecular flexibility index (Phi) is 3.74. The number of H-pyrrole nitrogens is 1. The smallest absolute Gasteiger partial charge is 0.311 e. The molecule has 0 aromatic carbocycles. The first-order valence-electron chi connectivity index (χ1n) is 5.82.